The van der Waals surface area contributed by atoms with Gasteiger partial charge in [-0.15, -0.1) is 11.6 Å². The monoisotopic (exact) mass is 412 g/mol. The van der Waals surface area contributed by atoms with Crippen LogP contribution in [-0.4, -0.2) is 16.7 Å². The van der Waals surface area contributed by atoms with Gasteiger partial charge in [-0.2, -0.15) is 0 Å². The number of hydrogen-bond acceptors (Lipinski definition) is 2. The van der Waals surface area contributed by atoms with E-state index < -0.39 is 0 Å². The Morgan fingerprint density at radius 3 is 2.52 bits per heavy atom. The van der Waals surface area contributed by atoms with Gasteiger partial charge in [0.1, 0.15) is 17.1 Å². The molecule has 0 amide bonds. The topological polar surface area (TPSA) is 27.1 Å². The third-order valence-electron chi connectivity index (χ3n) is 3.33. The molecular weight excluding hydrogens is 399 g/mol. The van der Waals surface area contributed by atoms with Gasteiger partial charge in [0.05, 0.1) is 18.0 Å². The fourth-order valence-corrected chi connectivity index (χ4v) is 2.89. The molecule has 0 saturated carbocycles. The van der Waals surface area contributed by atoms with Crippen LogP contribution in [0.5, 0.6) is 5.75 Å². The van der Waals surface area contributed by atoms with Crippen LogP contribution in [0.15, 0.2) is 42.5 Å². The Kier molecular flexibility index (Phi) is 4.08. The summed E-state index contributed by atoms with van der Waals surface area (Å²) >= 11 is 8.63. The van der Waals surface area contributed by atoms with Gasteiger partial charge in [0.25, 0.3) is 0 Å². The van der Waals surface area contributed by atoms with Crippen molar-refractivity contribution in [3.05, 3.63) is 51.9 Å². The Morgan fingerprint density at radius 1 is 1.19 bits per heavy atom. The van der Waals surface area contributed by atoms with Crippen LogP contribution >= 0.6 is 34.2 Å². The normalized spacial score (nSPS) is 12.6. The van der Waals surface area contributed by atoms with E-state index in [9.17, 15) is 0 Å². The van der Waals surface area contributed by atoms with E-state index >= 15 is 0 Å². The first-order chi connectivity index (χ1) is 10.1. The molecule has 0 N–H and O–H groups in total. The van der Waals surface area contributed by atoms with Crippen molar-refractivity contribution in [1.29, 1.82) is 0 Å². The number of ether oxygens (including phenoxy) is 1. The zero-order valence-corrected chi connectivity index (χ0v) is 14.6. The number of nitrogens with zero attached hydrogens (tertiary/aromatic N) is 2. The molecule has 0 saturated heterocycles. The Balaban J connectivity index is 2.33. The van der Waals surface area contributed by atoms with Gasteiger partial charge >= 0.3 is 0 Å². The summed E-state index contributed by atoms with van der Waals surface area (Å²) in [5.41, 5.74) is 2.88. The van der Waals surface area contributed by atoms with Crippen LogP contribution in [0.25, 0.3) is 16.7 Å². The third-order valence-corrected chi connectivity index (χ3v) is 4.25. The summed E-state index contributed by atoms with van der Waals surface area (Å²) in [5.74, 6) is 1.58. The number of hydrogen-bond donors (Lipinski definition) is 0. The highest BCUT2D eigenvalue weighted by Crippen LogP contribution is 2.32. The van der Waals surface area contributed by atoms with E-state index in [1.807, 2.05) is 25.1 Å². The number of imidazole rings is 1. The highest BCUT2D eigenvalue weighted by Gasteiger charge is 2.18. The average molecular weight is 413 g/mol. The van der Waals surface area contributed by atoms with Gasteiger partial charge in [-0.25, -0.2) is 4.98 Å². The number of aromatic nitrogens is 2. The summed E-state index contributed by atoms with van der Waals surface area (Å²) < 4.78 is 8.69. The lowest BCUT2D eigenvalue weighted by molar-refractivity contribution is 0.419. The minimum absolute atomic E-state index is 0.193. The SMILES string of the molecule is COc1cccc2c1nc(C(C)Cl)n2-c1ccc(I)cc1. The van der Waals surface area contributed by atoms with Crippen molar-refractivity contribution in [3.8, 4) is 11.4 Å². The number of methoxy groups -OCH3 is 1. The van der Waals surface area contributed by atoms with E-state index in [-0.39, 0.29) is 5.38 Å². The molecular formula is C16H14ClIN2O. The summed E-state index contributed by atoms with van der Waals surface area (Å²) in [4.78, 5) is 4.69. The van der Waals surface area contributed by atoms with Crippen molar-refractivity contribution in [2.24, 2.45) is 0 Å². The summed E-state index contributed by atoms with van der Waals surface area (Å²) in [5, 5.41) is -0.193. The van der Waals surface area contributed by atoms with Crippen molar-refractivity contribution in [2.75, 3.05) is 7.11 Å². The maximum absolute atomic E-state index is 6.33. The van der Waals surface area contributed by atoms with Gasteiger partial charge in [0, 0.05) is 9.26 Å². The molecule has 0 aliphatic heterocycles. The number of benzene rings is 2. The third kappa shape index (κ3) is 2.62. The molecule has 1 unspecified atom stereocenters. The zero-order chi connectivity index (χ0) is 15.0. The highest BCUT2D eigenvalue weighted by molar-refractivity contribution is 14.1. The molecule has 108 valence electrons. The molecule has 0 fully saturated rings. The first-order valence-corrected chi connectivity index (χ1v) is 8.08. The van der Waals surface area contributed by atoms with Crippen LogP contribution in [0.1, 0.15) is 18.1 Å². The minimum Gasteiger partial charge on any atom is -0.494 e. The largest absolute Gasteiger partial charge is 0.494 e. The summed E-state index contributed by atoms with van der Waals surface area (Å²) in [6.45, 7) is 1.93. The molecule has 0 aliphatic carbocycles. The molecule has 1 heterocycles. The predicted molar refractivity (Wildman–Crippen MR) is 94.6 cm³/mol. The van der Waals surface area contributed by atoms with Crippen LogP contribution in [-0.2, 0) is 0 Å². The van der Waals surface area contributed by atoms with Gasteiger partial charge < -0.3 is 4.74 Å². The van der Waals surface area contributed by atoms with Crippen LogP contribution in [0, 0.1) is 3.57 Å². The molecule has 0 bridgehead atoms. The summed E-state index contributed by atoms with van der Waals surface area (Å²) in [7, 11) is 1.66. The molecule has 0 aliphatic rings. The highest BCUT2D eigenvalue weighted by atomic mass is 127. The van der Waals surface area contributed by atoms with Crippen LogP contribution in [0.3, 0.4) is 0 Å². The van der Waals surface area contributed by atoms with E-state index in [0.717, 1.165) is 28.3 Å². The van der Waals surface area contributed by atoms with E-state index in [0.29, 0.717) is 0 Å². The van der Waals surface area contributed by atoms with E-state index in [2.05, 4.69) is 56.4 Å². The van der Waals surface area contributed by atoms with Crippen molar-refractivity contribution < 1.29 is 4.74 Å². The number of halogens is 2. The molecule has 21 heavy (non-hydrogen) atoms. The summed E-state index contributed by atoms with van der Waals surface area (Å²) in [6.07, 6.45) is 0. The van der Waals surface area contributed by atoms with Crippen LogP contribution < -0.4 is 4.74 Å². The standard InChI is InChI=1S/C16H14ClIN2O/c1-10(17)16-19-15-13(4-3-5-14(15)21-2)20(16)12-8-6-11(18)7-9-12/h3-10H,1-2H3. The van der Waals surface area contributed by atoms with Gasteiger partial charge in [-0.1, -0.05) is 6.07 Å². The molecule has 0 spiro atoms. The maximum atomic E-state index is 6.33. The smallest absolute Gasteiger partial charge is 0.146 e. The van der Waals surface area contributed by atoms with Gasteiger partial charge in [0.15, 0.2) is 0 Å². The molecule has 1 atom stereocenters. The predicted octanol–water partition coefficient (Wildman–Crippen LogP) is 4.94. The van der Waals surface area contributed by atoms with Crippen molar-refractivity contribution in [3.63, 3.8) is 0 Å². The minimum atomic E-state index is -0.193. The van der Waals surface area contributed by atoms with Crippen molar-refractivity contribution in [2.45, 2.75) is 12.3 Å². The lowest BCUT2D eigenvalue weighted by atomic mass is 10.2. The van der Waals surface area contributed by atoms with Gasteiger partial charge in [-0.05, 0) is 65.9 Å². The van der Waals surface area contributed by atoms with E-state index in [1.54, 1.807) is 7.11 Å². The fourth-order valence-electron chi connectivity index (χ4n) is 2.38. The average Bonchev–Trinajstić information content (AvgIpc) is 2.87. The first-order valence-electron chi connectivity index (χ1n) is 6.57. The molecule has 3 nitrogen and oxygen atoms in total. The second-order valence-corrected chi connectivity index (χ2v) is 6.63. The Bertz CT molecular complexity index is 781. The van der Waals surface area contributed by atoms with Crippen LogP contribution in [0.2, 0.25) is 0 Å². The molecule has 0 radical (unpaired) electrons. The molecule has 3 rings (SSSR count). The molecule has 1 aromatic heterocycles. The van der Waals surface area contributed by atoms with Crippen molar-refractivity contribution >= 4 is 45.2 Å². The fraction of sp³-hybridized carbons (Fsp3) is 0.188. The van der Waals surface area contributed by atoms with Crippen LogP contribution in [0.4, 0.5) is 0 Å². The number of alkyl halides is 1. The Hall–Kier alpha value is -1.27. The second-order valence-electron chi connectivity index (χ2n) is 4.73. The molecule has 3 aromatic rings. The molecule has 5 heteroatoms. The number of para-hydroxylation sites is 1. The zero-order valence-electron chi connectivity index (χ0n) is 11.7. The maximum Gasteiger partial charge on any atom is 0.146 e. The van der Waals surface area contributed by atoms with Crippen molar-refractivity contribution in [1.82, 2.24) is 9.55 Å². The van der Waals surface area contributed by atoms with E-state index in [1.165, 1.54) is 3.57 Å². The lowest BCUT2D eigenvalue weighted by Gasteiger charge is -2.10. The Labute approximate surface area is 142 Å². The first kappa shape index (κ1) is 14.7. The lowest BCUT2D eigenvalue weighted by Crippen LogP contribution is -2.01. The van der Waals surface area contributed by atoms with Gasteiger partial charge in [0.2, 0.25) is 0 Å². The number of rotatable bonds is 3. The number of fused-ring (bicyclic) bond motifs is 1. The summed E-state index contributed by atoms with van der Waals surface area (Å²) in [6, 6.07) is 14.2. The Morgan fingerprint density at radius 2 is 1.90 bits per heavy atom. The second kappa shape index (κ2) is 5.85. The quantitative estimate of drug-likeness (QED) is 0.450. The van der Waals surface area contributed by atoms with Gasteiger partial charge in [-0.3, -0.25) is 4.57 Å². The molecule has 2 aromatic carbocycles. The van der Waals surface area contributed by atoms with E-state index in [4.69, 9.17) is 16.3 Å².